The number of hydrogen-bond donors (Lipinski definition) is 1. The molecule has 0 saturated heterocycles. The maximum Gasteiger partial charge on any atom is 0.435 e. The largest absolute Gasteiger partial charge is 0.435 e. The van der Waals surface area contributed by atoms with Crippen molar-refractivity contribution in [2.24, 2.45) is 0 Å². The van der Waals surface area contributed by atoms with E-state index in [4.69, 9.17) is 11.6 Å². The SMILES string of the molecule is O=CNc1cccc(Cl)c1-n1ccc(C(F)(F)F)n1. The van der Waals surface area contributed by atoms with Crippen molar-refractivity contribution in [3.05, 3.63) is 41.2 Å². The molecule has 0 saturated carbocycles. The summed E-state index contributed by atoms with van der Waals surface area (Å²) in [6.07, 6.45) is -3.01. The van der Waals surface area contributed by atoms with Crippen molar-refractivity contribution in [3.63, 3.8) is 0 Å². The number of para-hydroxylation sites is 1. The molecule has 0 fully saturated rings. The minimum atomic E-state index is -4.54. The molecule has 1 N–H and O–H groups in total. The molecule has 19 heavy (non-hydrogen) atoms. The number of nitrogens with one attached hydrogen (secondary N) is 1. The van der Waals surface area contributed by atoms with Crippen LogP contribution in [0.4, 0.5) is 18.9 Å². The quantitative estimate of drug-likeness (QED) is 0.883. The van der Waals surface area contributed by atoms with E-state index in [9.17, 15) is 18.0 Å². The molecular formula is C11H7ClF3N3O. The third kappa shape index (κ3) is 2.70. The second-order valence-electron chi connectivity index (χ2n) is 3.54. The Hall–Kier alpha value is -2.02. The Kier molecular flexibility index (Phi) is 3.48. The highest BCUT2D eigenvalue weighted by molar-refractivity contribution is 6.33. The Bertz CT molecular complexity index is 609. The summed E-state index contributed by atoms with van der Waals surface area (Å²) in [6, 6.07) is 5.38. The normalized spacial score (nSPS) is 11.4. The summed E-state index contributed by atoms with van der Waals surface area (Å²) in [7, 11) is 0. The van der Waals surface area contributed by atoms with Crippen molar-refractivity contribution >= 4 is 23.7 Å². The summed E-state index contributed by atoms with van der Waals surface area (Å²) in [4.78, 5) is 10.5. The molecule has 0 aliphatic carbocycles. The Morgan fingerprint density at radius 3 is 2.63 bits per heavy atom. The number of benzene rings is 1. The first-order valence-corrected chi connectivity index (χ1v) is 5.43. The lowest BCUT2D eigenvalue weighted by Gasteiger charge is -2.10. The lowest BCUT2D eigenvalue weighted by atomic mass is 10.2. The van der Waals surface area contributed by atoms with Gasteiger partial charge in [-0.25, -0.2) is 4.68 Å². The van der Waals surface area contributed by atoms with Gasteiger partial charge in [0.25, 0.3) is 0 Å². The van der Waals surface area contributed by atoms with Gasteiger partial charge in [-0.15, -0.1) is 0 Å². The van der Waals surface area contributed by atoms with E-state index in [2.05, 4.69) is 10.4 Å². The number of anilines is 1. The van der Waals surface area contributed by atoms with Gasteiger partial charge in [0, 0.05) is 6.20 Å². The van der Waals surface area contributed by atoms with Crippen LogP contribution in [-0.2, 0) is 11.0 Å². The van der Waals surface area contributed by atoms with Gasteiger partial charge in [-0.3, -0.25) is 4.79 Å². The monoisotopic (exact) mass is 289 g/mol. The van der Waals surface area contributed by atoms with Crippen LogP contribution in [0.1, 0.15) is 5.69 Å². The zero-order valence-electron chi connectivity index (χ0n) is 9.28. The summed E-state index contributed by atoms with van der Waals surface area (Å²) >= 11 is 5.93. The highest BCUT2D eigenvalue weighted by Crippen LogP contribution is 2.31. The van der Waals surface area contributed by atoms with Crippen LogP contribution in [0.3, 0.4) is 0 Å². The van der Waals surface area contributed by atoms with Crippen molar-refractivity contribution in [2.45, 2.75) is 6.18 Å². The second kappa shape index (κ2) is 4.93. The fourth-order valence-corrected chi connectivity index (χ4v) is 1.79. The number of alkyl halides is 3. The van der Waals surface area contributed by atoms with Crippen molar-refractivity contribution in [1.82, 2.24) is 9.78 Å². The molecule has 1 amide bonds. The molecule has 0 bridgehead atoms. The lowest BCUT2D eigenvalue weighted by Crippen LogP contribution is -2.08. The van der Waals surface area contributed by atoms with Crippen molar-refractivity contribution < 1.29 is 18.0 Å². The van der Waals surface area contributed by atoms with Crippen molar-refractivity contribution in [3.8, 4) is 5.69 Å². The van der Waals surface area contributed by atoms with Crippen LogP contribution in [0.15, 0.2) is 30.5 Å². The Balaban J connectivity index is 2.52. The standard InChI is InChI=1S/C11H7ClF3N3O/c12-7-2-1-3-8(16-6-19)10(7)18-5-4-9(17-18)11(13,14)15/h1-6H,(H,16,19). The molecule has 8 heteroatoms. The van der Waals surface area contributed by atoms with Gasteiger partial charge in [-0.2, -0.15) is 18.3 Å². The van der Waals surface area contributed by atoms with Crippen LogP contribution in [0, 0.1) is 0 Å². The number of amides is 1. The number of aromatic nitrogens is 2. The van der Waals surface area contributed by atoms with Gasteiger partial charge >= 0.3 is 6.18 Å². The van der Waals surface area contributed by atoms with Crippen LogP contribution in [0.5, 0.6) is 0 Å². The van der Waals surface area contributed by atoms with Crippen LogP contribution >= 0.6 is 11.6 Å². The summed E-state index contributed by atoms with van der Waals surface area (Å²) in [5, 5.41) is 5.93. The maximum atomic E-state index is 12.5. The minimum Gasteiger partial charge on any atom is -0.327 e. The summed E-state index contributed by atoms with van der Waals surface area (Å²) < 4.78 is 38.4. The van der Waals surface area contributed by atoms with E-state index in [1.54, 1.807) is 6.07 Å². The molecule has 1 heterocycles. The summed E-state index contributed by atoms with van der Waals surface area (Å²) in [5.74, 6) is 0. The maximum absolute atomic E-state index is 12.5. The van der Waals surface area contributed by atoms with E-state index in [1.807, 2.05) is 0 Å². The molecule has 0 radical (unpaired) electrons. The topological polar surface area (TPSA) is 46.9 Å². The molecule has 0 atom stereocenters. The lowest BCUT2D eigenvalue weighted by molar-refractivity contribution is -0.141. The zero-order chi connectivity index (χ0) is 14.0. The Labute approximate surface area is 110 Å². The van der Waals surface area contributed by atoms with Gasteiger partial charge in [0.1, 0.15) is 5.69 Å². The third-order valence-corrected chi connectivity index (χ3v) is 2.61. The first-order chi connectivity index (χ1) is 8.93. The molecule has 0 aliphatic heterocycles. The number of nitrogens with zero attached hydrogens (tertiary/aromatic N) is 2. The summed E-state index contributed by atoms with van der Waals surface area (Å²) in [5.41, 5.74) is -0.601. The van der Waals surface area contributed by atoms with E-state index >= 15 is 0 Å². The van der Waals surface area contributed by atoms with Gasteiger partial charge in [0.15, 0.2) is 5.69 Å². The van der Waals surface area contributed by atoms with Crippen molar-refractivity contribution in [1.29, 1.82) is 0 Å². The fraction of sp³-hybridized carbons (Fsp3) is 0.0909. The van der Waals surface area contributed by atoms with Gasteiger partial charge in [0.2, 0.25) is 6.41 Å². The smallest absolute Gasteiger partial charge is 0.327 e. The van der Waals surface area contributed by atoms with Crippen LogP contribution in [0.2, 0.25) is 5.02 Å². The van der Waals surface area contributed by atoms with E-state index in [1.165, 1.54) is 12.1 Å². The number of hydrogen-bond acceptors (Lipinski definition) is 2. The number of rotatable bonds is 3. The summed E-state index contributed by atoms with van der Waals surface area (Å²) in [6.45, 7) is 0. The van der Waals surface area contributed by atoms with E-state index in [-0.39, 0.29) is 16.4 Å². The minimum absolute atomic E-state index is 0.170. The molecule has 2 aromatic rings. The number of halogens is 4. The van der Waals surface area contributed by atoms with Crippen LogP contribution in [0.25, 0.3) is 5.69 Å². The van der Waals surface area contributed by atoms with E-state index in [0.717, 1.165) is 16.9 Å². The fourth-order valence-electron chi connectivity index (χ4n) is 1.53. The first kappa shape index (κ1) is 13.4. The zero-order valence-corrected chi connectivity index (χ0v) is 10.0. The van der Waals surface area contributed by atoms with E-state index in [0.29, 0.717) is 6.41 Å². The molecule has 4 nitrogen and oxygen atoms in total. The molecule has 0 unspecified atom stereocenters. The molecule has 100 valence electrons. The molecule has 1 aromatic carbocycles. The predicted octanol–water partition coefficient (Wildman–Crippen LogP) is 3.11. The molecular weight excluding hydrogens is 283 g/mol. The third-order valence-electron chi connectivity index (χ3n) is 2.31. The molecule has 2 rings (SSSR count). The first-order valence-electron chi connectivity index (χ1n) is 5.05. The average Bonchev–Trinajstić information content (AvgIpc) is 2.78. The molecule has 0 aliphatic rings. The van der Waals surface area contributed by atoms with Gasteiger partial charge in [-0.1, -0.05) is 17.7 Å². The Morgan fingerprint density at radius 2 is 2.05 bits per heavy atom. The highest BCUT2D eigenvalue weighted by Gasteiger charge is 2.33. The number of carbonyl (C=O) groups is 1. The van der Waals surface area contributed by atoms with Crippen LogP contribution < -0.4 is 5.32 Å². The highest BCUT2D eigenvalue weighted by atomic mass is 35.5. The van der Waals surface area contributed by atoms with Crippen molar-refractivity contribution in [2.75, 3.05) is 5.32 Å². The van der Waals surface area contributed by atoms with Gasteiger partial charge in [0.05, 0.1) is 10.7 Å². The Morgan fingerprint density at radius 1 is 1.32 bits per heavy atom. The van der Waals surface area contributed by atoms with Gasteiger partial charge < -0.3 is 5.32 Å². The predicted molar refractivity (Wildman–Crippen MR) is 63.3 cm³/mol. The van der Waals surface area contributed by atoms with Gasteiger partial charge in [-0.05, 0) is 18.2 Å². The second-order valence-corrected chi connectivity index (χ2v) is 3.95. The molecule has 0 spiro atoms. The van der Waals surface area contributed by atoms with Crippen LogP contribution in [-0.4, -0.2) is 16.2 Å². The number of carbonyl (C=O) groups excluding carboxylic acids is 1. The van der Waals surface area contributed by atoms with E-state index < -0.39 is 11.9 Å². The molecule has 1 aromatic heterocycles. The average molecular weight is 290 g/mol.